The Morgan fingerprint density at radius 1 is 1.26 bits per heavy atom. The van der Waals surface area contributed by atoms with Crippen molar-refractivity contribution in [3.8, 4) is 0 Å². The number of carbonyl (C=O) groups is 1. The lowest BCUT2D eigenvalue weighted by Crippen LogP contribution is -2.22. The maximum Gasteiger partial charge on any atom is 0.404 e. The first-order chi connectivity index (χ1) is 11.1. The van der Waals surface area contributed by atoms with Crippen LogP contribution in [0.3, 0.4) is 0 Å². The van der Waals surface area contributed by atoms with Gasteiger partial charge in [0.25, 0.3) is 0 Å². The monoisotopic (exact) mass is 318 g/mol. The van der Waals surface area contributed by atoms with Crippen LogP contribution in [0, 0.1) is 0 Å². The Balaban J connectivity index is 1.71. The molecule has 124 valence electrons. The highest BCUT2D eigenvalue weighted by molar-refractivity contribution is 5.64. The molecule has 23 heavy (non-hydrogen) atoms. The predicted octanol–water partition coefficient (Wildman–Crippen LogP) is 2.29. The minimum absolute atomic E-state index is 0.308. The van der Waals surface area contributed by atoms with Gasteiger partial charge < -0.3 is 20.7 Å². The van der Waals surface area contributed by atoms with Crippen molar-refractivity contribution >= 4 is 6.09 Å². The van der Waals surface area contributed by atoms with Crippen LogP contribution in [0.5, 0.6) is 0 Å². The molecule has 1 aromatic carbocycles. The van der Waals surface area contributed by atoms with E-state index < -0.39 is 6.09 Å². The fourth-order valence-electron chi connectivity index (χ4n) is 2.23. The van der Waals surface area contributed by atoms with Crippen molar-refractivity contribution in [2.24, 2.45) is 5.73 Å². The second-order valence-electron chi connectivity index (χ2n) is 5.37. The summed E-state index contributed by atoms with van der Waals surface area (Å²) in [7, 11) is 0. The second-order valence-corrected chi connectivity index (χ2v) is 5.37. The maximum absolute atomic E-state index is 10.3. The second kappa shape index (κ2) is 8.89. The SMILES string of the molecule is NC(CCCCNC(=O)O)c1nc(CCc2ccccc2)no1. The molecule has 1 atom stereocenters. The first-order valence-electron chi connectivity index (χ1n) is 7.74. The molecule has 0 spiro atoms. The zero-order chi connectivity index (χ0) is 16.5. The van der Waals surface area contributed by atoms with E-state index in [1.807, 2.05) is 18.2 Å². The molecule has 1 heterocycles. The zero-order valence-corrected chi connectivity index (χ0v) is 12.9. The molecule has 0 saturated heterocycles. The van der Waals surface area contributed by atoms with Crippen LogP contribution < -0.4 is 11.1 Å². The molecule has 4 N–H and O–H groups in total. The van der Waals surface area contributed by atoms with Gasteiger partial charge in [0.05, 0.1) is 6.04 Å². The Labute approximate surface area is 134 Å². The topological polar surface area (TPSA) is 114 Å². The van der Waals surface area contributed by atoms with Crippen LogP contribution in [-0.4, -0.2) is 27.9 Å². The third-order valence-corrected chi connectivity index (χ3v) is 3.50. The number of benzene rings is 1. The maximum atomic E-state index is 10.3. The van der Waals surface area contributed by atoms with E-state index in [9.17, 15) is 4.79 Å². The van der Waals surface area contributed by atoms with Gasteiger partial charge in [-0.05, 0) is 31.2 Å². The van der Waals surface area contributed by atoms with Crippen molar-refractivity contribution in [2.45, 2.75) is 38.1 Å². The molecule has 1 amide bonds. The summed E-state index contributed by atoms with van der Waals surface area (Å²) in [5, 5.41) is 14.8. The van der Waals surface area contributed by atoms with E-state index in [4.69, 9.17) is 15.4 Å². The number of hydrogen-bond donors (Lipinski definition) is 3. The molecule has 0 aliphatic heterocycles. The van der Waals surface area contributed by atoms with Gasteiger partial charge in [0.1, 0.15) is 0 Å². The lowest BCUT2D eigenvalue weighted by atomic mass is 10.1. The summed E-state index contributed by atoms with van der Waals surface area (Å²) in [5.74, 6) is 1.10. The van der Waals surface area contributed by atoms with Gasteiger partial charge in [0, 0.05) is 13.0 Å². The van der Waals surface area contributed by atoms with Gasteiger partial charge in [-0.3, -0.25) is 0 Å². The first kappa shape index (κ1) is 17.0. The minimum Gasteiger partial charge on any atom is -0.465 e. The van der Waals surface area contributed by atoms with Crippen molar-refractivity contribution in [3.63, 3.8) is 0 Å². The molecule has 2 rings (SSSR count). The minimum atomic E-state index is -1.01. The Morgan fingerprint density at radius 2 is 2.04 bits per heavy atom. The summed E-state index contributed by atoms with van der Waals surface area (Å²) < 4.78 is 5.21. The Bertz CT molecular complexity index is 600. The van der Waals surface area contributed by atoms with E-state index >= 15 is 0 Å². The highest BCUT2D eigenvalue weighted by Gasteiger charge is 2.14. The Kier molecular flexibility index (Phi) is 6.56. The summed E-state index contributed by atoms with van der Waals surface area (Å²) in [6.45, 7) is 0.425. The number of amides is 1. The quantitative estimate of drug-likeness (QED) is 0.611. The van der Waals surface area contributed by atoms with E-state index in [0.29, 0.717) is 31.1 Å². The number of hydrogen-bond acceptors (Lipinski definition) is 5. The van der Waals surface area contributed by atoms with E-state index in [1.165, 1.54) is 5.56 Å². The van der Waals surface area contributed by atoms with Crippen molar-refractivity contribution in [3.05, 3.63) is 47.6 Å². The fraction of sp³-hybridized carbons (Fsp3) is 0.438. The average Bonchev–Trinajstić information content (AvgIpc) is 3.02. The normalized spacial score (nSPS) is 12.0. The molecule has 2 aromatic rings. The number of unbranched alkanes of at least 4 members (excludes halogenated alkanes) is 1. The number of nitrogens with zero attached hydrogens (tertiary/aromatic N) is 2. The van der Waals surface area contributed by atoms with Crippen molar-refractivity contribution in [1.29, 1.82) is 0 Å². The van der Waals surface area contributed by atoms with Crippen molar-refractivity contribution in [2.75, 3.05) is 6.54 Å². The molecule has 0 aliphatic carbocycles. The number of carboxylic acid groups (broad SMARTS) is 1. The van der Waals surface area contributed by atoms with Gasteiger partial charge in [-0.1, -0.05) is 35.5 Å². The van der Waals surface area contributed by atoms with Crippen LogP contribution in [0.25, 0.3) is 0 Å². The number of nitrogens with two attached hydrogens (primary N) is 1. The van der Waals surface area contributed by atoms with Crippen LogP contribution >= 0.6 is 0 Å². The number of aryl methyl sites for hydroxylation is 2. The number of aromatic nitrogens is 2. The molecule has 1 unspecified atom stereocenters. The molecule has 1 aromatic heterocycles. The van der Waals surface area contributed by atoms with E-state index in [1.54, 1.807) is 0 Å². The van der Waals surface area contributed by atoms with Gasteiger partial charge in [-0.25, -0.2) is 4.79 Å². The summed E-state index contributed by atoms with van der Waals surface area (Å²) >= 11 is 0. The molecule has 0 saturated carbocycles. The molecular formula is C16H22N4O3. The Hall–Kier alpha value is -2.41. The third kappa shape index (κ3) is 6.07. The van der Waals surface area contributed by atoms with Crippen LogP contribution in [0.4, 0.5) is 4.79 Å². The van der Waals surface area contributed by atoms with Gasteiger partial charge in [-0.15, -0.1) is 0 Å². The fourth-order valence-corrected chi connectivity index (χ4v) is 2.23. The molecule has 0 aliphatic rings. The summed E-state index contributed by atoms with van der Waals surface area (Å²) in [5.41, 5.74) is 7.26. The first-order valence-corrected chi connectivity index (χ1v) is 7.74. The van der Waals surface area contributed by atoms with Gasteiger partial charge in [0.15, 0.2) is 5.82 Å². The van der Waals surface area contributed by atoms with Crippen molar-refractivity contribution < 1.29 is 14.4 Å². The number of rotatable bonds is 9. The molecular weight excluding hydrogens is 296 g/mol. The smallest absolute Gasteiger partial charge is 0.404 e. The van der Waals surface area contributed by atoms with Gasteiger partial charge >= 0.3 is 6.09 Å². The molecule has 0 radical (unpaired) electrons. The van der Waals surface area contributed by atoms with Crippen LogP contribution in [0.15, 0.2) is 34.9 Å². The van der Waals surface area contributed by atoms with Crippen LogP contribution in [-0.2, 0) is 12.8 Å². The largest absolute Gasteiger partial charge is 0.465 e. The standard InChI is InChI=1S/C16H22N4O3/c17-13(8-4-5-11-18-16(21)22)15-19-14(20-23-15)10-9-12-6-2-1-3-7-12/h1-3,6-7,13,18H,4-5,8-11,17H2,(H,21,22). The average molecular weight is 318 g/mol. The van der Waals surface area contributed by atoms with E-state index in [0.717, 1.165) is 19.3 Å². The summed E-state index contributed by atoms with van der Waals surface area (Å²) in [6, 6.07) is 9.83. The molecule has 7 heteroatoms. The summed E-state index contributed by atoms with van der Waals surface area (Å²) in [6.07, 6.45) is 2.77. The molecule has 0 bridgehead atoms. The van der Waals surface area contributed by atoms with Crippen LogP contribution in [0.2, 0.25) is 0 Å². The van der Waals surface area contributed by atoms with E-state index in [2.05, 4.69) is 27.6 Å². The van der Waals surface area contributed by atoms with Gasteiger partial charge in [-0.2, -0.15) is 4.98 Å². The predicted molar refractivity (Wildman–Crippen MR) is 85.0 cm³/mol. The van der Waals surface area contributed by atoms with Gasteiger partial charge in [0.2, 0.25) is 5.89 Å². The van der Waals surface area contributed by atoms with Crippen LogP contribution in [0.1, 0.15) is 42.6 Å². The van der Waals surface area contributed by atoms with Crippen molar-refractivity contribution in [1.82, 2.24) is 15.5 Å². The summed E-state index contributed by atoms with van der Waals surface area (Å²) in [4.78, 5) is 14.7. The Morgan fingerprint density at radius 3 is 2.78 bits per heavy atom. The van der Waals surface area contributed by atoms with E-state index in [-0.39, 0.29) is 6.04 Å². The molecule has 7 nitrogen and oxygen atoms in total. The highest BCUT2D eigenvalue weighted by Crippen LogP contribution is 2.15. The highest BCUT2D eigenvalue weighted by atomic mass is 16.5. The zero-order valence-electron chi connectivity index (χ0n) is 12.9. The molecule has 0 fully saturated rings. The third-order valence-electron chi connectivity index (χ3n) is 3.50. The number of nitrogens with one attached hydrogen (secondary N) is 1. The lowest BCUT2D eigenvalue weighted by molar-refractivity contribution is 0.194. The lowest BCUT2D eigenvalue weighted by Gasteiger charge is -2.06.